The van der Waals surface area contributed by atoms with Gasteiger partial charge in [-0.15, -0.1) is 5.10 Å². The molecule has 0 saturated heterocycles. The lowest BCUT2D eigenvalue weighted by molar-refractivity contribution is -0.137. The van der Waals surface area contributed by atoms with Gasteiger partial charge in [-0.05, 0) is 5.56 Å². The van der Waals surface area contributed by atoms with E-state index in [9.17, 15) is 9.59 Å². The molecule has 0 unspecified atom stereocenters. The minimum atomic E-state index is -1.05. The molecule has 0 aliphatic heterocycles. The van der Waals surface area contributed by atoms with Crippen molar-refractivity contribution in [2.75, 3.05) is 0 Å². The van der Waals surface area contributed by atoms with Crippen LogP contribution in [0, 0.1) is 0 Å². The lowest BCUT2D eigenvalue weighted by Gasteiger charge is -2.16. The van der Waals surface area contributed by atoms with Crippen molar-refractivity contribution >= 4 is 12.1 Å². The third kappa shape index (κ3) is 4.30. The second-order valence-corrected chi connectivity index (χ2v) is 4.64. The molecule has 0 aliphatic rings. The maximum Gasteiger partial charge on any atom is 0.408 e. The molecule has 8 nitrogen and oxygen atoms in total. The number of carboxylic acid groups (broad SMARTS) is 1. The molecule has 8 heteroatoms. The number of carbonyl (C=O) groups excluding carboxylic acids is 1. The number of hydrogen-bond acceptors (Lipinski definition) is 5. The van der Waals surface area contributed by atoms with Gasteiger partial charge in [-0.3, -0.25) is 9.48 Å². The van der Waals surface area contributed by atoms with Crippen molar-refractivity contribution in [2.24, 2.45) is 7.05 Å². The Morgan fingerprint density at radius 2 is 2.09 bits per heavy atom. The van der Waals surface area contributed by atoms with Gasteiger partial charge >= 0.3 is 12.1 Å². The number of alkyl carbamates (subject to hydrolysis) is 1. The highest BCUT2D eigenvalue weighted by atomic mass is 16.5. The van der Waals surface area contributed by atoms with Gasteiger partial charge in [-0.2, -0.15) is 0 Å². The van der Waals surface area contributed by atoms with Crippen LogP contribution in [0.1, 0.15) is 23.7 Å². The van der Waals surface area contributed by atoms with Gasteiger partial charge in [0.15, 0.2) is 0 Å². The van der Waals surface area contributed by atoms with E-state index in [2.05, 4.69) is 15.6 Å². The number of nitrogens with zero attached hydrogens (tertiary/aromatic N) is 3. The van der Waals surface area contributed by atoms with Crippen molar-refractivity contribution in [3.63, 3.8) is 0 Å². The molecule has 0 spiro atoms. The van der Waals surface area contributed by atoms with Crippen molar-refractivity contribution in [1.29, 1.82) is 0 Å². The molecule has 2 rings (SSSR count). The first-order valence-corrected chi connectivity index (χ1v) is 6.60. The number of rotatable bonds is 6. The van der Waals surface area contributed by atoms with Gasteiger partial charge in [0.2, 0.25) is 0 Å². The molecule has 0 fully saturated rings. The molecule has 22 heavy (non-hydrogen) atoms. The first-order valence-electron chi connectivity index (χ1n) is 6.60. The monoisotopic (exact) mass is 304 g/mol. The normalized spacial score (nSPS) is 11.7. The fraction of sp³-hybridized carbons (Fsp3) is 0.286. The van der Waals surface area contributed by atoms with Gasteiger partial charge in [0.05, 0.1) is 24.4 Å². The van der Waals surface area contributed by atoms with Gasteiger partial charge < -0.3 is 15.2 Å². The van der Waals surface area contributed by atoms with E-state index >= 15 is 0 Å². The standard InChI is InChI=1S/C14H16N4O4/c1-18-12(8-15-17-18)11(7-13(19)20)16-14(21)22-9-10-5-3-2-4-6-10/h2-6,8,11H,7,9H2,1H3,(H,16,21)(H,19,20)/t11-/m0/s1. The van der Waals surface area contributed by atoms with Gasteiger partial charge in [0.25, 0.3) is 0 Å². The lowest BCUT2D eigenvalue weighted by Crippen LogP contribution is -2.31. The molecule has 0 bridgehead atoms. The van der Waals surface area contributed by atoms with Crippen LogP contribution in [0.4, 0.5) is 4.79 Å². The highest BCUT2D eigenvalue weighted by Gasteiger charge is 2.22. The zero-order chi connectivity index (χ0) is 15.9. The number of aromatic nitrogens is 3. The fourth-order valence-corrected chi connectivity index (χ4v) is 1.92. The highest BCUT2D eigenvalue weighted by molar-refractivity contribution is 5.71. The first-order chi connectivity index (χ1) is 10.6. The van der Waals surface area contributed by atoms with E-state index in [1.165, 1.54) is 10.9 Å². The number of benzene rings is 1. The zero-order valence-electron chi connectivity index (χ0n) is 12.0. The Kier molecular flexibility index (Phi) is 5.07. The maximum atomic E-state index is 11.8. The minimum Gasteiger partial charge on any atom is -0.481 e. The number of amides is 1. The summed E-state index contributed by atoms with van der Waals surface area (Å²) in [5, 5.41) is 18.9. The Labute approximate surface area is 126 Å². The summed E-state index contributed by atoms with van der Waals surface area (Å²) in [7, 11) is 1.62. The average Bonchev–Trinajstić information content (AvgIpc) is 2.91. The number of aryl methyl sites for hydroxylation is 1. The Balaban J connectivity index is 1.96. The van der Waals surface area contributed by atoms with E-state index in [4.69, 9.17) is 9.84 Å². The Morgan fingerprint density at radius 1 is 1.36 bits per heavy atom. The molecule has 1 atom stereocenters. The van der Waals surface area contributed by atoms with Crippen molar-refractivity contribution in [1.82, 2.24) is 20.3 Å². The van der Waals surface area contributed by atoms with E-state index in [1.54, 1.807) is 7.05 Å². The van der Waals surface area contributed by atoms with Crippen LogP contribution in [0.15, 0.2) is 36.5 Å². The molecule has 1 heterocycles. The van der Waals surface area contributed by atoms with Crippen LogP contribution in [0.25, 0.3) is 0 Å². The predicted molar refractivity (Wildman–Crippen MR) is 75.8 cm³/mol. The number of aliphatic carboxylic acids is 1. The van der Waals surface area contributed by atoms with Crippen LogP contribution >= 0.6 is 0 Å². The smallest absolute Gasteiger partial charge is 0.408 e. The van der Waals surface area contributed by atoms with Gasteiger partial charge in [-0.1, -0.05) is 35.5 Å². The Hall–Kier alpha value is -2.90. The summed E-state index contributed by atoms with van der Waals surface area (Å²) >= 11 is 0. The van der Waals surface area contributed by atoms with E-state index in [0.717, 1.165) is 5.56 Å². The van der Waals surface area contributed by atoms with E-state index < -0.39 is 18.1 Å². The summed E-state index contributed by atoms with van der Waals surface area (Å²) in [4.78, 5) is 22.8. The molecule has 1 aromatic carbocycles. The minimum absolute atomic E-state index is 0.107. The highest BCUT2D eigenvalue weighted by Crippen LogP contribution is 2.15. The molecule has 116 valence electrons. The Bertz CT molecular complexity index is 641. The van der Waals surface area contributed by atoms with Crippen molar-refractivity contribution < 1.29 is 19.4 Å². The lowest BCUT2D eigenvalue weighted by atomic mass is 10.1. The largest absolute Gasteiger partial charge is 0.481 e. The Morgan fingerprint density at radius 3 is 2.68 bits per heavy atom. The van der Waals surface area contributed by atoms with E-state index in [-0.39, 0.29) is 13.0 Å². The summed E-state index contributed by atoms with van der Waals surface area (Å²) in [6.07, 6.45) is 0.420. The number of carboxylic acids is 1. The average molecular weight is 304 g/mol. The summed E-state index contributed by atoms with van der Waals surface area (Å²) in [5.41, 5.74) is 1.33. The van der Waals surface area contributed by atoms with Crippen LogP contribution < -0.4 is 5.32 Å². The topological polar surface area (TPSA) is 106 Å². The summed E-state index contributed by atoms with van der Waals surface area (Å²) in [6.45, 7) is 0.107. The molecule has 2 N–H and O–H groups in total. The summed E-state index contributed by atoms with van der Waals surface area (Å²) < 4.78 is 6.49. The fourth-order valence-electron chi connectivity index (χ4n) is 1.92. The molecular formula is C14H16N4O4. The quantitative estimate of drug-likeness (QED) is 0.832. The molecule has 0 radical (unpaired) electrons. The number of nitrogens with one attached hydrogen (secondary N) is 1. The molecule has 2 aromatic rings. The van der Waals surface area contributed by atoms with E-state index in [1.807, 2.05) is 30.3 Å². The first kappa shape index (κ1) is 15.5. The molecular weight excluding hydrogens is 288 g/mol. The molecule has 1 amide bonds. The molecule has 0 aliphatic carbocycles. The summed E-state index contributed by atoms with van der Waals surface area (Å²) in [5.74, 6) is -1.05. The van der Waals surface area contributed by atoms with Crippen LogP contribution in [-0.4, -0.2) is 32.2 Å². The molecule has 1 aromatic heterocycles. The van der Waals surface area contributed by atoms with Crippen molar-refractivity contribution in [2.45, 2.75) is 19.1 Å². The molecule has 0 saturated carbocycles. The van der Waals surface area contributed by atoms with Crippen LogP contribution in [0.5, 0.6) is 0 Å². The predicted octanol–water partition coefficient (Wildman–Crippen LogP) is 1.26. The van der Waals surface area contributed by atoms with Crippen LogP contribution in [0.2, 0.25) is 0 Å². The van der Waals surface area contributed by atoms with E-state index in [0.29, 0.717) is 5.69 Å². The maximum absolute atomic E-state index is 11.8. The zero-order valence-corrected chi connectivity index (χ0v) is 12.0. The van der Waals surface area contributed by atoms with Gasteiger partial charge in [-0.25, -0.2) is 4.79 Å². The third-order valence-electron chi connectivity index (χ3n) is 2.99. The third-order valence-corrected chi connectivity index (χ3v) is 2.99. The SMILES string of the molecule is Cn1nncc1[C@H](CC(=O)O)NC(=O)OCc1ccccc1. The number of carbonyl (C=O) groups is 2. The van der Waals surface area contributed by atoms with Crippen LogP contribution in [0.3, 0.4) is 0 Å². The second kappa shape index (κ2) is 7.21. The second-order valence-electron chi connectivity index (χ2n) is 4.64. The van der Waals surface area contributed by atoms with Gasteiger partial charge in [0, 0.05) is 7.05 Å². The van der Waals surface area contributed by atoms with Crippen LogP contribution in [-0.2, 0) is 23.2 Å². The number of ether oxygens (including phenoxy) is 1. The van der Waals surface area contributed by atoms with Crippen molar-refractivity contribution in [3.05, 3.63) is 47.8 Å². The van der Waals surface area contributed by atoms with Gasteiger partial charge in [0.1, 0.15) is 6.61 Å². The van der Waals surface area contributed by atoms with Crippen molar-refractivity contribution in [3.8, 4) is 0 Å². The number of hydrogen-bond donors (Lipinski definition) is 2. The summed E-state index contributed by atoms with van der Waals surface area (Å²) in [6, 6.07) is 8.43.